The summed E-state index contributed by atoms with van der Waals surface area (Å²) in [6, 6.07) is 3.42. The number of urea groups is 1. The fraction of sp³-hybridized carbons (Fsp3) is 0.538. The van der Waals surface area contributed by atoms with E-state index >= 15 is 0 Å². The number of thiophene rings is 1. The van der Waals surface area contributed by atoms with Gasteiger partial charge in [-0.25, -0.2) is 9.59 Å². The van der Waals surface area contributed by atoms with E-state index in [0.717, 1.165) is 11.3 Å². The number of carboxylic acids is 1. The van der Waals surface area contributed by atoms with E-state index in [-0.39, 0.29) is 12.1 Å². The largest absolute Gasteiger partial charge is 0.480 e. The van der Waals surface area contributed by atoms with Gasteiger partial charge in [0.2, 0.25) is 0 Å². The Morgan fingerprint density at radius 2 is 2.16 bits per heavy atom. The van der Waals surface area contributed by atoms with Crippen LogP contribution < -0.4 is 5.32 Å². The van der Waals surface area contributed by atoms with Crippen LogP contribution in [0.1, 0.15) is 38.1 Å². The molecule has 1 atom stereocenters. The maximum atomic E-state index is 12.1. The molecule has 2 amide bonds. The van der Waals surface area contributed by atoms with Gasteiger partial charge in [-0.3, -0.25) is 0 Å². The second kappa shape index (κ2) is 6.06. The van der Waals surface area contributed by atoms with Crippen LogP contribution in [0.5, 0.6) is 0 Å². The van der Waals surface area contributed by atoms with Gasteiger partial charge in [0.05, 0.1) is 6.04 Å². The number of rotatable bonds is 5. The molecule has 0 bridgehead atoms. The Hall–Kier alpha value is -1.56. The molecule has 0 aliphatic rings. The third-order valence-corrected chi connectivity index (χ3v) is 4.25. The summed E-state index contributed by atoms with van der Waals surface area (Å²) in [6.07, 6.45) is 0.758. The van der Waals surface area contributed by atoms with E-state index in [2.05, 4.69) is 5.32 Å². The van der Waals surface area contributed by atoms with Crippen molar-refractivity contribution in [1.82, 2.24) is 10.2 Å². The van der Waals surface area contributed by atoms with Crippen LogP contribution in [0.25, 0.3) is 0 Å². The molecule has 6 heteroatoms. The van der Waals surface area contributed by atoms with Gasteiger partial charge in [-0.2, -0.15) is 0 Å². The molecule has 0 aliphatic heterocycles. The number of carboxylic acid groups (broad SMARTS) is 1. The average molecular weight is 284 g/mol. The number of aliphatic carboxylic acids is 1. The normalized spacial score (nSPS) is 12.8. The molecule has 1 rings (SSSR count). The predicted octanol–water partition coefficient (Wildman–Crippen LogP) is 2.70. The summed E-state index contributed by atoms with van der Waals surface area (Å²) in [7, 11) is 1.49. The molecule has 1 aromatic rings. The smallest absolute Gasteiger partial charge is 0.329 e. The molecule has 106 valence electrons. The van der Waals surface area contributed by atoms with Gasteiger partial charge >= 0.3 is 12.0 Å². The van der Waals surface area contributed by atoms with E-state index < -0.39 is 11.5 Å². The van der Waals surface area contributed by atoms with Gasteiger partial charge in [0, 0.05) is 11.9 Å². The van der Waals surface area contributed by atoms with Crippen molar-refractivity contribution in [2.24, 2.45) is 0 Å². The molecule has 0 spiro atoms. The van der Waals surface area contributed by atoms with Crippen molar-refractivity contribution in [2.75, 3.05) is 7.05 Å². The van der Waals surface area contributed by atoms with E-state index in [4.69, 9.17) is 5.11 Å². The zero-order valence-electron chi connectivity index (χ0n) is 11.6. The molecule has 1 aromatic heterocycles. The minimum absolute atomic E-state index is 0.0838. The quantitative estimate of drug-likeness (QED) is 0.873. The van der Waals surface area contributed by atoms with Crippen molar-refractivity contribution >= 4 is 23.3 Å². The highest BCUT2D eigenvalue weighted by Gasteiger charge is 2.35. The third-order valence-electron chi connectivity index (χ3n) is 3.26. The Morgan fingerprint density at radius 1 is 1.53 bits per heavy atom. The number of hydrogen-bond donors (Lipinski definition) is 2. The van der Waals surface area contributed by atoms with Crippen molar-refractivity contribution in [2.45, 2.75) is 38.8 Å². The molecular formula is C13H20N2O3S. The Balaban J connectivity index is 2.76. The lowest BCUT2D eigenvalue weighted by Crippen LogP contribution is -2.54. The molecule has 0 saturated heterocycles. The van der Waals surface area contributed by atoms with E-state index in [0.29, 0.717) is 0 Å². The van der Waals surface area contributed by atoms with Crippen molar-refractivity contribution < 1.29 is 14.7 Å². The molecule has 19 heavy (non-hydrogen) atoms. The minimum Gasteiger partial charge on any atom is -0.480 e. The van der Waals surface area contributed by atoms with Crippen LogP contribution in [0.3, 0.4) is 0 Å². The predicted molar refractivity (Wildman–Crippen MR) is 75.4 cm³/mol. The van der Waals surface area contributed by atoms with E-state index in [1.165, 1.54) is 25.8 Å². The first-order chi connectivity index (χ1) is 8.80. The number of carbonyl (C=O) groups is 2. The molecule has 2 N–H and O–H groups in total. The molecule has 0 saturated carbocycles. The second-order valence-electron chi connectivity index (χ2n) is 4.85. The Labute approximate surface area is 117 Å². The van der Waals surface area contributed by atoms with Crippen molar-refractivity contribution in [3.63, 3.8) is 0 Å². The molecular weight excluding hydrogens is 264 g/mol. The number of nitrogens with zero attached hydrogens (tertiary/aromatic N) is 1. The highest BCUT2D eigenvalue weighted by atomic mass is 32.1. The van der Waals surface area contributed by atoms with Crippen LogP contribution in [0, 0.1) is 0 Å². The highest BCUT2D eigenvalue weighted by Crippen LogP contribution is 2.22. The van der Waals surface area contributed by atoms with Crippen LogP contribution in [0.4, 0.5) is 4.79 Å². The first kappa shape index (κ1) is 15.5. The molecule has 0 aliphatic carbocycles. The first-order valence-corrected chi connectivity index (χ1v) is 6.99. The summed E-state index contributed by atoms with van der Waals surface area (Å²) in [5.41, 5.74) is -1.24. The van der Waals surface area contributed by atoms with Crippen molar-refractivity contribution in [1.29, 1.82) is 0 Å². The third kappa shape index (κ3) is 3.47. The highest BCUT2D eigenvalue weighted by molar-refractivity contribution is 7.10. The molecule has 1 unspecified atom stereocenters. The summed E-state index contributed by atoms with van der Waals surface area (Å²) < 4.78 is 0. The van der Waals surface area contributed by atoms with Gasteiger partial charge in [0.25, 0.3) is 0 Å². The first-order valence-electron chi connectivity index (χ1n) is 6.11. The Morgan fingerprint density at radius 3 is 2.58 bits per heavy atom. The summed E-state index contributed by atoms with van der Waals surface area (Å²) in [4.78, 5) is 25.5. The van der Waals surface area contributed by atoms with Gasteiger partial charge < -0.3 is 15.3 Å². The molecule has 1 heterocycles. The maximum absolute atomic E-state index is 12.1. The van der Waals surface area contributed by atoms with Gasteiger partial charge in [-0.15, -0.1) is 11.3 Å². The van der Waals surface area contributed by atoms with Gasteiger partial charge in [-0.1, -0.05) is 13.0 Å². The van der Waals surface area contributed by atoms with Crippen LogP contribution in [0.15, 0.2) is 17.5 Å². The minimum atomic E-state index is -1.24. The number of hydrogen-bond acceptors (Lipinski definition) is 3. The Bertz CT molecular complexity index is 443. The molecule has 0 fully saturated rings. The number of likely N-dealkylation sites (N-methyl/N-ethyl adjacent to an activating group) is 1. The van der Waals surface area contributed by atoms with E-state index in [9.17, 15) is 9.59 Å². The van der Waals surface area contributed by atoms with Gasteiger partial charge in [-0.05, 0) is 31.7 Å². The molecule has 0 radical (unpaired) electrons. The van der Waals surface area contributed by atoms with Crippen LogP contribution in [0.2, 0.25) is 0 Å². The van der Waals surface area contributed by atoms with Gasteiger partial charge in [0.1, 0.15) is 5.54 Å². The van der Waals surface area contributed by atoms with Gasteiger partial charge in [0.15, 0.2) is 0 Å². The lowest BCUT2D eigenvalue weighted by Gasteiger charge is -2.32. The zero-order chi connectivity index (χ0) is 14.6. The fourth-order valence-electron chi connectivity index (χ4n) is 1.51. The lowest BCUT2D eigenvalue weighted by molar-refractivity contribution is -0.146. The van der Waals surface area contributed by atoms with Crippen LogP contribution in [-0.2, 0) is 4.79 Å². The fourth-order valence-corrected chi connectivity index (χ4v) is 2.37. The summed E-state index contributed by atoms with van der Waals surface area (Å²) >= 11 is 1.57. The zero-order valence-corrected chi connectivity index (χ0v) is 12.5. The standard InChI is InChI=1S/C13H20N2O3S/c1-5-9(10-7-6-8-19-10)14-12(18)15(4)13(2,3)11(16)17/h6-9H,5H2,1-4H3,(H,14,18)(H,16,17). The van der Waals surface area contributed by atoms with Crippen molar-refractivity contribution in [3.8, 4) is 0 Å². The average Bonchev–Trinajstić information content (AvgIpc) is 2.87. The number of amides is 2. The SMILES string of the molecule is CCC(NC(=O)N(C)C(C)(C)C(=O)O)c1cccs1. The second-order valence-corrected chi connectivity index (χ2v) is 5.83. The van der Waals surface area contributed by atoms with E-state index in [1.807, 2.05) is 24.4 Å². The number of nitrogens with one attached hydrogen (secondary N) is 1. The van der Waals surface area contributed by atoms with E-state index in [1.54, 1.807) is 11.3 Å². The maximum Gasteiger partial charge on any atom is 0.329 e. The summed E-state index contributed by atoms with van der Waals surface area (Å²) in [5, 5.41) is 13.9. The summed E-state index contributed by atoms with van der Waals surface area (Å²) in [5.74, 6) is -1.03. The lowest BCUT2D eigenvalue weighted by atomic mass is 10.0. The van der Waals surface area contributed by atoms with Crippen LogP contribution >= 0.6 is 11.3 Å². The Kier molecular flexibility index (Phi) is 4.94. The topological polar surface area (TPSA) is 69.6 Å². The molecule has 5 nitrogen and oxygen atoms in total. The van der Waals surface area contributed by atoms with Crippen LogP contribution in [-0.4, -0.2) is 34.6 Å². The monoisotopic (exact) mass is 284 g/mol. The number of carbonyl (C=O) groups excluding carboxylic acids is 1. The molecule has 0 aromatic carbocycles. The summed E-state index contributed by atoms with van der Waals surface area (Å²) in [6.45, 7) is 4.98. The van der Waals surface area contributed by atoms with Crippen molar-refractivity contribution in [3.05, 3.63) is 22.4 Å².